The van der Waals surface area contributed by atoms with Crippen LogP contribution in [-0.4, -0.2) is 24.3 Å². The third kappa shape index (κ3) is 5.09. The molecule has 1 rings (SSSR count). The molecule has 0 radical (unpaired) electrons. The minimum atomic E-state index is -0.267. The summed E-state index contributed by atoms with van der Waals surface area (Å²) in [4.78, 5) is 11.8. The zero-order valence-corrected chi connectivity index (χ0v) is 12.3. The van der Waals surface area contributed by atoms with Gasteiger partial charge in [-0.3, -0.25) is 0 Å². The second-order valence-corrected chi connectivity index (χ2v) is 5.77. The third-order valence-electron chi connectivity index (χ3n) is 3.03. The minimum Gasteiger partial charge on any atom is -0.396 e. The van der Waals surface area contributed by atoms with Gasteiger partial charge in [-0.1, -0.05) is 31.5 Å². The molecule has 19 heavy (non-hydrogen) atoms. The van der Waals surface area contributed by atoms with Gasteiger partial charge in [0.25, 0.3) is 0 Å². The van der Waals surface area contributed by atoms with Crippen molar-refractivity contribution in [3.8, 4) is 0 Å². The normalized spacial score (nSPS) is 11.2. The van der Waals surface area contributed by atoms with Gasteiger partial charge in [0.1, 0.15) is 0 Å². The van der Waals surface area contributed by atoms with E-state index in [0.29, 0.717) is 23.7 Å². The molecular weight excluding hydrogens is 264 g/mol. The fraction of sp³-hybridized carbons (Fsp3) is 0.500. The molecule has 0 aliphatic rings. The summed E-state index contributed by atoms with van der Waals surface area (Å²) in [7, 11) is 0. The van der Waals surface area contributed by atoms with Gasteiger partial charge in [0.05, 0.1) is 0 Å². The minimum absolute atomic E-state index is 0.115. The predicted molar refractivity (Wildman–Crippen MR) is 78.7 cm³/mol. The molecule has 0 atom stereocenters. The van der Waals surface area contributed by atoms with E-state index in [4.69, 9.17) is 16.7 Å². The Balaban J connectivity index is 2.54. The molecule has 0 saturated heterocycles. The maximum Gasteiger partial charge on any atom is 0.319 e. The average Bonchev–Trinajstić information content (AvgIpc) is 2.33. The Kier molecular flexibility index (Phi) is 5.63. The van der Waals surface area contributed by atoms with Crippen LogP contribution in [0.4, 0.5) is 10.5 Å². The zero-order chi connectivity index (χ0) is 14.5. The molecular formula is C14H21ClN2O2. The van der Waals surface area contributed by atoms with Gasteiger partial charge < -0.3 is 15.7 Å². The summed E-state index contributed by atoms with van der Waals surface area (Å²) in [5.41, 5.74) is 1.41. The lowest BCUT2D eigenvalue weighted by Crippen LogP contribution is -2.37. The topological polar surface area (TPSA) is 61.4 Å². The number of nitrogens with one attached hydrogen (secondary N) is 2. The average molecular weight is 285 g/mol. The predicted octanol–water partition coefficient (Wildman–Crippen LogP) is 3.18. The summed E-state index contributed by atoms with van der Waals surface area (Å²) in [5.74, 6) is 0. The van der Waals surface area contributed by atoms with E-state index in [1.807, 2.05) is 20.8 Å². The SMILES string of the molecule is Cc1c(Cl)cccc1NC(=O)NCC(C)(C)CCO. The van der Waals surface area contributed by atoms with E-state index in [2.05, 4.69) is 10.6 Å². The first-order valence-electron chi connectivity index (χ1n) is 6.26. The highest BCUT2D eigenvalue weighted by Crippen LogP contribution is 2.23. The number of carbonyl (C=O) groups excluding carboxylic acids is 1. The van der Waals surface area contributed by atoms with Gasteiger partial charge in [-0.05, 0) is 36.5 Å². The quantitative estimate of drug-likeness (QED) is 0.778. The Labute approximate surface area is 119 Å². The van der Waals surface area contributed by atoms with Gasteiger partial charge >= 0.3 is 6.03 Å². The van der Waals surface area contributed by atoms with Crippen molar-refractivity contribution in [3.63, 3.8) is 0 Å². The monoisotopic (exact) mass is 284 g/mol. The Morgan fingerprint density at radius 2 is 2.11 bits per heavy atom. The largest absolute Gasteiger partial charge is 0.396 e. The van der Waals surface area contributed by atoms with Gasteiger partial charge in [-0.15, -0.1) is 0 Å². The number of amides is 2. The van der Waals surface area contributed by atoms with Crippen molar-refractivity contribution < 1.29 is 9.90 Å². The molecule has 0 aliphatic heterocycles. The molecule has 1 aromatic carbocycles. The van der Waals surface area contributed by atoms with Gasteiger partial charge in [0.2, 0.25) is 0 Å². The van der Waals surface area contributed by atoms with Crippen LogP contribution in [0.2, 0.25) is 5.02 Å². The lowest BCUT2D eigenvalue weighted by Gasteiger charge is -2.24. The number of anilines is 1. The first-order valence-corrected chi connectivity index (χ1v) is 6.64. The van der Waals surface area contributed by atoms with E-state index >= 15 is 0 Å². The highest BCUT2D eigenvalue weighted by molar-refractivity contribution is 6.31. The van der Waals surface area contributed by atoms with Crippen molar-refractivity contribution in [2.24, 2.45) is 5.41 Å². The number of urea groups is 1. The number of rotatable bonds is 5. The summed E-state index contributed by atoms with van der Waals surface area (Å²) in [5, 5.41) is 15.1. The molecule has 1 aromatic rings. The molecule has 2 amide bonds. The van der Waals surface area contributed by atoms with Crippen molar-refractivity contribution >= 4 is 23.3 Å². The summed E-state index contributed by atoms with van der Waals surface area (Å²) < 4.78 is 0. The van der Waals surface area contributed by atoms with Crippen molar-refractivity contribution in [2.45, 2.75) is 27.2 Å². The summed E-state index contributed by atoms with van der Waals surface area (Å²) >= 11 is 5.99. The Bertz CT molecular complexity index is 447. The molecule has 5 heteroatoms. The summed E-state index contributed by atoms with van der Waals surface area (Å²) in [6.45, 7) is 6.46. The van der Waals surface area contributed by atoms with Crippen LogP contribution in [0.15, 0.2) is 18.2 Å². The van der Waals surface area contributed by atoms with Crippen molar-refractivity contribution in [2.75, 3.05) is 18.5 Å². The van der Waals surface area contributed by atoms with Crippen LogP contribution in [0.1, 0.15) is 25.8 Å². The van der Waals surface area contributed by atoms with Crippen LogP contribution in [0.3, 0.4) is 0 Å². The standard InChI is InChI=1S/C14H21ClN2O2/c1-10-11(15)5-4-6-12(10)17-13(19)16-9-14(2,3)7-8-18/h4-6,18H,7-9H2,1-3H3,(H2,16,17,19). The van der Waals surface area contributed by atoms with E-state index in [0.717, 1.165) is 5.56 Å². The second-order valence-electron chi connectivity index (χ2n) is 5.36. The fourth-order valence-corrected chi connectivity index (χ4v) is 1.79. The number of carbonyl (C=O) groups is 1. The number of halogens is 1. The Hall–Kier alpha value is -1.26. The van der Waals surface area contributed by atoms with E-state index in [1.54, 1.807) is 18.2 Å². The van der Waals surface area contributed by atoms with Crippen molar-refractivity contribution in [3.05, 3.63) is 28.8 Å². The van der Waals surface area contributed by atoms with E-state index in [-0.39, 0.29) is 18.1 Å². The molecule has 0 aliphatic carbocycles. The van der Waals surface area contributed by atoms with E-state index < -0.39 is 0 Å². The first kappa shape index (κ1) is 15.8. The molecule has 0 fully saturated rings. The number of benzene rings is 1. The maximum atomic E-state index is 11.8. The van der Waals surface area contributed by atoms with Gasteiger partial charge in [0, 0.05) is 23.9 Å². The van der Waals surface area contributed by atoms with Crippen LogP contribution in [0.5, 0.6) is 0 Å². The molecule has 3 N–H and O–H groups in total. The number of aliphatic hydroxyl groups is 1. The highest BCUT2D eigenvalue weighted by atomic mass is 35.5. The van der Waals surface area contributed by atoms with Crippen LogP contribution >= 0.6 is 11.6 Å². The van der Waals surface area contributed by atoms with Crippen molar-refractivity contribution in [1.82, 2.24) is 5.32 Å². The number of hydrogen-bond acceptors (Lipinski definition) is 2. The Morgan fingerprint density at radius 3 is 2.74 bits per heavy atom. The fourth-order valence-electron chi connectivity index (χ4n) is 1.62. The highest BCUT2D eigenvalue weighted by Gasteiger charge is 2.18. The molecule has 0 bridgehead atoms. The molecule has 0 heterocycles. The number of hydrogen-bond donors (Lipinski definition) is 3. The van der Waals surface area contributed by atoms with Crippen LogP contribution in [-0.2, 0) is 0 Å². The molecule has 0 aromatic heterocycles. The van der Waals surface area contributed by atoms with E-state index in [1.165, 1.54) is 0 Å². The molecule has 4 nitrogen and oxygen atoms in total. The lowest BCUT2D eigenvalue weighted by molar-refractivity contribution is 0.204. The maximum absolute atomic E-state index is 11.8. The van der Waals surface area contributed by atoms with Gasteiger partial charge in [0.15, 0.2) is 0 Å². The third-order valence-corrected chi connectivity index (χ3v) is 3.44. The molecule has 0 saturated carbocycles. The molecule has 0 unspecified atom stereocenters. The lowest BCUT2D eigenvalue weighted by atomic mass is 9.90. The van der Waals surface area contributed by atoms with Crippen LogP contribution in [0.25, 0.3) is 0 Å². The van der Waals surface area contributed by atoms with E-state index in [9.17, 15) is 4.79 Å². The van der Waals surface area contributed by atoms with Gasteiger partial charge in [-0.25, -0.2) is 4.79 Å². The second kappa shape index (κ2) is 6.78. The molecule has 0 spiro atoms. The molecule has 106 valence electrons. The zero-order valence-electron chi connectivity index (χ0n) is 11.6. The summed E-state index contributed by atoms with van der Waals surface area (Å²) in [6, 6.07) is 5.11. The first-order chi connectivity index (χ1) is 8.85. The van der Waals surface area contributed by atoms with Crippen molar-refractivity contribution in [1.29, 1.82) is 0 Å². The van der Waals surface area contributed by atoms with Crippen LogP contribution < -0.4 is 10.6 Å². The smallest absolute Gasteiger partial charge is 0.319 e. The van der Waals surface area contributed by atoms with Crippen LogP contribution in [0, 0.1) is 12.3 Å². The summed E-state index contributed by atoms with van der Waals surface area (Å²) in [6.07, 6.45) is 0.642. The number of aliphatic hydroxyl groups excluding tert-OH is 1. The van der Waals surface area contributed by atoms with Gasteiger partial charge in [-0.2, -0.15) is 0 Å². The Morgan fingerprint density at radius 1 is 1.42 bits per heavy atom.